The van der Waals surface area contributed by atoms with Crippen molar-refractivity contribution in [2.24, 2.45) is 0 Å². The summed E-state index contributed by atoms with van der Waals surface area (Å²) in [5, 5.41) is 0. The van der Waals surface area contributed by atoms with Crippen LogP contribution in [0.2, 0.25) is 0 Å². The minimum absolute atomic E-state index is 0.851. The summed E-state index contributed by atoms with van der Waals surface area (Å²) in [6, 6.07) is 18.9. The highest BCUT2D eigenvalue weighted by Gasteiger charge is 2.28. The van der Waals surface area contributed by atoms with Gasteiger partial charge in [0.15, 0.2) is 0 Å². The first-order valence-electron chi connectivity index (χ1n) is 13.9. The lowest BCUT2D eigenvalue weighted by Gasteiger charge is -2.30. The minimum atomic E-state index is -1.20. The van der Waals surface area contributed by atoms with Crippen LogP contribution in [0.1, 0.15) is 34.2 Å². The molecule has 0 amide bonds. The average molecular weight is 583 g/mol. The largest absolute Gasteiger partial charge is 0.436 e. The predicted molar refractivity (Wildman–Crippen MR) is 171 cm³/mol. The fourth-order valence-electron chi connectivity index (χ4n) is 5.07. The molecule has 0 aliphatic carbocycles. The average Bonchev–Trinajstić information content (AvgIpc) is 3.79. The molecule has 0 fully saturated rings. The quantitative estimate of drug-likeness (QED) is 0.163. The maximum absolute atomic E-state index is 7.02. The van der Waals surface area contributed by atoms with Crippen molar-refractivity contribution in [3.8, 4) is 22.6 Å². The Labute approximate surface area is 245 Å². The number of benzene rings is 2. The van der Waals surface area contributed by atoms with E-state index in [0.717, 1.165) is 35.6 Å². The second kappa shape index (κ2) is 11.6. The summed E-state index contributed by atoms with van der Waals surface area (Å²) in [5.74, 6) is 1.72. The molecule has 2 atom stereocenters. The highest BCUT2D eigenvalue weighted by Crippen LogP contribution is 2.52. The minimum Gasteiger partial charge on any atom is -0.436 e. The Morgan fingerprint density at radius 2 is 1.15 bits per heavy atom. The third kappa shape index (κ3) is 5.47. The van der Waals surface area contributed by atoms with Crippen molar-refractivity contribution in [1.82, 2.24) is 17.7 Å². The van der Waals surface area contributed by atoms with E-state index in [0.29, 0.717) is 0 Å². The maximum Gasteiger partial charge on any atom is 0.317 e. The molecule has 0 N–H and O–H groups in total. The lowest BCUT2D eigenvalue weighted by atomic mass is 9.90. The van der Waals surface area contributed by atoms with E-state index < -0.39 is 16.9 Å². The van der Waals surface area contributed by atoms with Gasteiger partial charge in [-0.25, -0.2) is 0 Å². The van der Waals surface area contributed by atoms with Crippen LogP contribution < -0.4 is 9.05 Å². The summed E-state index contributed by atoms with van der Waals surface area (Å²) in [6.07, 6.45) is 18.0. The molecule has 41 heavy (non-hydrogen) atoms. The second-order valence-electron chi connectivity index (χ2n) is 10.5. The second-order valence-corrected chi connectivity index (χ2v) is 13.8. The van der Waals surface area contributed by atoms with Crippen LogP contribution >= 0.6 is 16.9 Å². The zero-order chi connectivity index (χ0) is 28.5. The molecule has 0 saturated carbocycles. The van der Waals surface area contributed by atoms with Gasteiger partial charge in [-0.1, -0.05) is 18.2 Å². The van der Waals surface area contributed by atoms with Gasteiger partial charge < -0.3 is 13.7 Å². The zero-order valence-electron chi connectivity index (χ0n) is 24.2. The Kier molecular flexibility index (Phi) is 7.79. The van der Waals surface area contributed by atoms with E-state index in [2.05, 4.69) is 144 Å². The third-order valence-electron chi connectivity index (χ3n) is 7.62. The molecule has 2 aromatic carbocycles. The summed E-state index contributed by atoms with van der Waals surface area (Å²) >= 11 is 0. The van der Waals surface area contributed by atoms with Crippen molar-refractivity contribution in [3.05, 3.63) is 132 Å². The molecule has 4 heterocycles. The molecular weight excluding hydrogens is 546 g/mol. The highest BCUT2D eigenvalue weighted by atomic mass is 31.2. The van der Waals surface area contributed by atoms with Crippen LogP contribution in [0.5, 0.6) is 11.5 Å². The Morgan fingerprint density at radius 3 is 1.63 bits per heavy atom. The monoisotopic (exact) mass is 582 g/mol. The van der Waals surface area contributed by atoms with Gasteiger partial charge in [-0.2, -0.15) is 0 Å². The van der Waals surface area contributed by atoms with Gasteiger partial charge >= 0.3 is 16.9 Å². The van der Waals surface area contributed by atoms with Gasteiger partial charge in [0.1, 0.15) is 11.5 Å². The maximum atomic E-state index is 7.02. The normalized spacial score (nSPS) is 14.4. The summed E-state index contributed by atoms with van der Waals surface area (Å²) in [4.78, 5) is 0. The molecular formula is C33H36N4O2P2. The molecule has 0 saturated heterocycles. The van der Waals surface area contributed by atoms with E-state index in [4.69, 9.17) is 9.05 Å². The molecule has 3 aromatic heterocycles. The Balaban J connectivity index is 1.49. The molecule has 0 radical (unpaired) electrons. The molecule has 6 nitrogen and oxygen atoms in total. The summed E-state index contributed by atoms with van der Waals surface area (Å²) < 4.78 is 22.9. The molecule has 2 unspecified atom stereocenters. The topological polar surface area (TPSA) is 36.5 Å². The van der Waals surface area contributed by atoms with E-state index in [1.165, 1.54) is 27.8 Å². The lowest BCUT2D eigenvalue weighted by molar-refractivity contribution is 0.513. The highest BCUT2D eigenvalue weighted by molar-refractivity contribution is 7.49. The molecule has 1 aliphatic heterocycles. The van der Waals surface area contributed by atoms with Crippen LogP contribution in [-0.4, -0.2) is 24.2 Å². The van der Waals surface area contributed by atoms with Gasteiger partial charge in [0.05, 0.1) is 0 Å². The van der Waals surface area contributed by atoms with Gasteiger partial charge in [-0.15, -0.1) is 0 Å². The van der Waals surface area contributed by atoms with E-state index in [-0.39, 0.29) is 0 Å². The fraction of sp³-hybridized carbons (Fsp3) is 0.212. The number of aryl methyl sites for hydroxylation is 3. The van der Waals surface area contributed by atoms with Gasteiger partial charge in [0.2, 0.25) is 0 Å². The van der Waals surface area contributed by atoms with Crippen molar-refractivity contribution in [3.63, 3.8) is 0 Å². The van der Waals surface area contributed by atoms with Crippen molar-refractivity contribution >= 4 is 16.9 Å². The number of aromatic nitrogens is 3. The number of hydrogen-bond donors (Lipinski definition) is 0. The van der Waals surface area contributed by atoms with Gasteiger partial charge in [0, 0.05) is 61.1 Å². The van der Waals surface area contributed by atoms with Crippen molar-refractivity contribution in [2.75, 3.05) is 6.54 Å². The van der Waals surface area contributed by atoms with Crippen LogP contribution in [0.15, 0.2) is 104 Å². The number of hydrogen-bond acceptors (Lipinski definition) is 3. The van der Waals surface area contributed by atoms with Gasteiger partial charge in [-0.3, -0.25) is 13.0 Å². The van der Waals surface area contributed by atoms with E-state index in [1.807, 2.05) is 12.1 Å². The van der Waals surface area contributed by atoms with Crippen molar-refractivity contribution in [1.29, 1.82) is 0 Å². The lowest BCUT2D eigenvalue weighted by Crippen LogP contribution is -2.16. The molecule has 5 aromatic rings. The van der Waals surface area contributed by atoms with Crippen LogP contribution in [0.4, 0.5) is 0 Å². The number of rotatable bonds is 9. The molecule has 6 rings (SSSR count). The summed E-state index contributed by atoms with van der Waals surface area (Å²) in [6.45, 7) is 11.8. The Bertz CT molecular complexity index is 1670. The molecule has 0 spiro atoms. The first-order chi connectivity index (χ1) is 19.9. The van der Waals surface area contributed by atoms with Crippen LogP contribution in [-0.2, 0) is 0 Å². The SMILES string of the molecule is Cc1ccn(P(Oc2ccc(C)c(C)c2-c2c(OP(N3C=CCC3)n3cccc3)ccc(C)c2C)n2cccc2)c1. The van der Waals surface area contributed by atoms with Crippen molar-refractivity contribution < 1.29 is 9.05 Å². The smallest absolute Gasteiger partial charge is 0.317 e. The molecule has 0 bridgehead atoms. The van der Waals surface area contributed by atoms with Crippen LogP contribution in [0.3, 0.4) is 0 Å². The molecule has 210 valence electrons. The Morgan fingerprint density at radius 1 is 0.610 bits per heavy atom. The van der Waals surface area contributed by atoms with E-state index in [9.17, 15) is 0 Å². The molecule has 8 heteroatoms. The standard InChI is InChI=1S/C33H36N4O2P2/c1-25-16-23-37(24-25)41(36-21-10-11-22-36)39-31-15-13-27(3)29(5)33(31)32-28(4)26(2)12-14-30(32)38-40(34-17-6-7-18-34)35-19-8-9-20-35/h6-8,10-19,21-24H,9,20H2,1-5H3. The first-order valence-corrected chi connectivity index (χ1v) is 16.3. The van der Waals surface area contributed by atoms with Crippen LogP contribution in [0.25, 0.3) is 11.1 Å². The van der Waals surface area contributed by atoms with Gasteiger partial charge in [-0.05, 0) is 111 Å². The van der Waals surface area contributed by atoms with Crippen molar-refractivity contribution in [2.45, 2.75) is 41.0 Å². The summed E-state index contributed by atoms with van der Waals surface area (Å²) in [7, 11) is -2.32. The van der Waals surface area contributed by atoms with Crippen LogP contribution in [0, 0.1) is 34.6 Å². The summed E-state index contributed by atoms with van der Waals surface area (Å²) in [5.41, 5.74) is 8.21. The fourth-order valence-corrected chi connectivity index (χ4v) is 8.34. The first kappa shape index (κ1) is 27.4. The zero-order valence-corrected chi connectivity index (χ0v) is 26.0. The molecule has 1 aliphatic rings. The van der Waals surface area contributed by atoms with E-state index >= 15 is 0 Å². The number of nitrogens with zero attached hydrogens (tertiary/aromatic N) is 4. The van der Waals surface area contributed by atoms with Gasteiger partial charge in [0.25, 0.3) is 0 Å². The third-order valence-corrected chi connectivity index (χ3v) is 11.1. The Hall–Kier alpha value is -3.72. The van der Waals surface area contributed by atoms with E-state index in [1.54, 1.807) is 0 Å². The predicted octanol–water partition coefficient (Wildman–Crippen LogP) is 9.38.